The van der Waals surface area contributed by atoms with Gasteiger partial charge in [0.05, 0.1) is 0 Å². The second-order valence-electron chi connectivity index (χ2n) is 6.51. The highest BCUT2D eigenvalue weighted by atomic mass is 35.5. The number of halogens is 2. The van der Waals surface area contributed by atoms with Crippen LogP contribution < -0.4 is 5.32 Å². The number of benzene rings is 1. The Morgan fingerprint density at radius 3 is 2.44 bits per heavy atom. The van der Waals surface area contributed by atoms with Gasteiger partial charge in [-0.1, -0.05) is 6.07 Å². The highest BCUT2D eigenvalue weighted by Crippen LogP contribution is 2.17. The largest absolute Gasteiger partial charge is 0.341 e. The number of nitrogens with one attached hydrogen (secondary N) is 1. The van der Waals surface area contributed by atoms with Gasteiger partial charge in [-0.2, -0.15) is 0 Å². The fourth-order valence-corrected chi connectivity index (χ4v) is 3.47. The van der Waals surface area contributed by atoms with E-state index in [9.17, 15) is 14.0 Å². The summed E-state index contributed by atoms with van der Waals surface area (Å²) < 4.78 is 13.3. The van der Waals surface area contributed by atoms with Crippen LogP contribution >= 0.6 is 12.4 Å². The van der Waals surface area contributed by atoms with Crippen molar-refractivity contribution in [3.63, 3.8) is 0 Å². The van der Waals surface area contributed by atoms with E-state index in [1.165, 1.54) is 12.1 Å². The smallest absolute Gasteiger partial charge is 0.254 e. The zero-order valence-corrected chi connectivity index (χ0v) is 15.1. The molecule has 2 saturated heterocycles. The van der Waals surface area contributed by atoms with Crippen molar-refractivity contribution in [1.29, 1.82) is 0 Å². The molecule has 0 spiro atoms. The van der Waals surface area contributed by atoms with Gasteiger partial charge in [-0.05, 0) is 50.6 Å². The van der Waals surface area contributed by atoms with Gasteiger partial charge in [-0.3, -0.25) is 9.59 Å². The molecule has 0 unspecified atom stereocenters. The Labute approximate surface area is 154 Å². The molecule has 0 atom stereocenters. The normalized spacial score (nSPS) is 19.1. The molecule has 2 aliphatic rings. The molecule has 5 nitrogen and oxygen atoms in total. The van der Waals surface area contributed by atoms with Crippen LogP contribution in [-0.4, -0.2) is 60.9 Å². The predicted octanol–water partition coefficient (Wildman–Crippen LogP) is 1.92. The van der Waals surface area contributed by atoms with Gasteiger partial charge < -0.3 is 15.1 Å². The van der Waals surface area contributed by atoms with Crippen molar-refractivity contribution in [1.82, 2.24) is 15.1 Å². The van der Waals surface area contributed by atoms with E-state index in [1.54, 1.807) is 17.0 Å². The van der Waals surface area contributed by atoms with E-state index in [0.717, 1.165) is 32.4 Å². The third kappa shape index (κ3) is 4.92. The number of carbonyl (C=O) groups is 2. The molecule has 2 heterocycles. The number of hydrogen-bond acceptors (Lipinski definition) is 3. The van der Waals surface area contributed by atoms with Crippen LogP contribution in [0.1, 0.15) is 29.6 Å². The lowest BCUT2D eigenvalue weighted by molar-refractivity contribution is -0.136. The summed E-state index contributed by atoms with van der Waals surface area (Å²) in [6.07, 6.45) is 2.54. The molecule has 1 aromatic carbocycles. The first kappa shape index (κ1) is 19.7. The van der Waals surface area contributed by atoms with E-state index < -0.39 is 5.82 Å². The van der Waals surface area contributed by atoms with E-state index >= 15 is 0 Å². The summed E-state index contributed by atoms with van der Waals surface area (Å²) in [5.41, 5.74) is 0.369. The lowest BCUT2D eigenvalue weighted by Crippen LogP contribution is -2.43. The molecule has 0 aromatic heterocycles. The van der Waals surface area contributed by atoms with Gasteiger partial charge in [0.15, 0.2) is 0 Å². The molecular formula is C18H25ClFN3O2. The number of piperidine rings is 1. The molecular weight excluding hydrogens is 345 g/mol. The molecule has 2 fully saturated rings. The Morgan fingerprint density at radius 1 is 1.04 bits per heavy atom. The van der Waals surface area contributed by atoms with Crippen LogP contribution in [0, 0.1) is 11.7 Å². The minimum absolute atomic E-state index is 0. The Hall–Kier alpha value is -1.66. The highest BCUT2D eigenvalue weighted by molar-refractivity contribution is 5.94. The van der Waals surface area contributed by atoms with Crippen molar-refractivity contribution in [3.8, 4) is 0 Å². The number of carbonyl (C=O) groups excluding carboxylic acids is 2. The van der Waals surface area contributed by atoms with E-state index in [4.69, 9.17) is 0 Å². The number of nitrogens with zero attached hydrogens (tertiary/aromatic N) is 2. The fraction of sp³-hybridized carbons (Fsp3) is 0.556. The lowest BCUT2D eigenvalue weighted by Gasteiger charge is -2.28. The Kier molecular flexibility index (Phi) is 7.20. The third-order valence-corrected chi connectivity index (χ3v) is 4.85. The Balaban J connectivity index is 0.00000225. The molecule has 25 heavy (non-hydrogen) atoms. The molecule has 7 heteroatoms. The van der Waals surface area contributed by atoms with Crippen molar-refractivity contribution in [2.45, 2.75) is 19.3 Å². The average Bonchev–Trinajstić information content (AvgIpc) is 2.87. The van der Waals surface area contributed by atoms with Crippen LogP contribution in [0.4, 0.5) is 4.39 Å². The van der Waals surface area contributed by atoms with Crippen molar-refractivity contribution in [2.24, 2.45) is 5.92 Å². The average molecular weight is 370 g/mol. The standard InChI is InChI=1S/C18H24FN3O2.ClH/c19-16-4-1-3-15(13-16)18(24)22-10-2-9-21(11-12-22)17(23)14-5-7-20-8-6-14;/h1,3-4,13-14,20H,2,5-12H2;1H. The minimum Gasteiger partial charge on any atom is -0.341 e. The summed E-state index contributed by atoms with van der Waals surface area (Å²) >= 11 is 0. The van der Waals surface area contributed by atoms with Crippen LogP contribution in [0.3, 0.4) is 0 Å². The Bertz CT molecular complexity index is 608. The number of hydrogen-bond donors (Lipinski definition) is 1. The maximum absolute atomic E-state index is 13.3. The molecule has 138 valence electrons. The molecule has 0 radical (unpaired) electrons. The van der Waals surface area contributed by atoms with Gasteiger partial charge in [0.1, 0.15) is 5.82 Å². The van der Waals surface area contributed by atoms with E-state index in [1.807, 2.05) is 4.90 Å². The van der Waals surface area contributed by atoms with Crippen LogP contribution in [0.5, 0.6) is 0 Å². The first-order valence-electron chi connectivity index (χ1n) is 8.69. The molecule has 2 amide bonds. The maximum Gasteiger partial charge on any atom is 0.254 e. The third-order valence-electron chi connectivity index (χ3n) is 4.85. The highest BCUT2D eigenvalue weighted by Gasteiger charge is 2.28. The van der Waals surface area contributed by atoms with Gasteiger partial charge in [0, 0.05) is 37.7 Å². The summed E-state index contributed by atoms with van der Waals surface area (Å²) in [5.74, 6) is -0.239. The second-order valence-corrected chi connectivity index (χ2v) is 6.51. The summed E-state index contributed by atoms with van der Waals surface area (Å²) in [5, 5.41) is 3.28. The molecule has 0 aliphatic carbocycles. The molecule has 0 saturated carbocycles. The van der Waals surface area contributed by atoms with E-state index in [0.29, 0.717) is 31.7 Å². The van der Waals surface area contributed by atoms with Gasteiger partial charge in [-0.25, -0.2) is 4.39 Å². The van der Waals surface area contributed by atoms with Crippen molar-refractivity contribution >= 4 is 24.2 Å². The molecule has 1 aromatic rings. The maximum atomic E-state index is 13.3. The minimum atomic E-state index is -0.404. The quantitative estimate of drug-likeness (QED) is 0.866. The van der Waals surface area contributed by atoms with Crippen molar-refractivity contribution in [2.75, 3.05) is 39.3 Å². The topological polar surface area (TPSA) is 52.7 Å². The zero-order chi connectivity index (χ0) is 16.9. The van der Waals surface area contributed by atoms with E-state index in [2.05, 4.69) is 5.32 Å². The van der Waals surface area contributed by atoms with Gasteiger partial charge in [0.2, 0.25) is 5.91 Å². The predicted molar refractivity (Wildman–Crippen MR) is 96.3 cm³/mol. The first-order valence-corrected chi connectivity index (χ1v) is 8.69. The second kappa shape index (κ2) is 9.15. The SMILES string of the molecule is Cl.O=C(c1cccc(F)c1)N1CCCN(C(=O)C2CCNCC2)CC1. The van der Waals surface area contributed by atoms with Gasteiger partial charge in [0.25, 0.3) is 5.91 Å². The van der Waals surface area contributed by atoms with Crippen LogP contribution in [0.15, 0.2) is 24.3 Å². The summed E-state index contributed by atoms with van der Waals surface area (Å²) in [6.45, 7) is 4.15. The first-order chi connectivity index (χ1) is 11.6. The van der Waals surface area contributed by atoms with E-state index in [-0.39, 0.29) is 30.1 Å². The van der Waals surface area contributed by atoms with Crippen molar-refractivity contribution < 1.29 is 14.0 Å². The molecule has 2 aliphatic heterocycles. The van der Waals surface area contributed by atoms with Crippen LogP contribution in [0.2, 0.25) is 0 Å². The zero-order valence-electron chi connectivity index (χ0n) is 14.2. The summed E-state index contributed by atoms with van der Waals surface area (Å²) in [4.78, 5) is 28.8. The Morgan fingerprint density at radius 2 is 1.72 bits per heavy atom. The fourth-order valence-electron chi connectivity index (χ4n) is 3.47. The molecule has 1 N–H and O–H groups in total. The van der Waals surface area contributed by atoms with Crippen LogP contribution in [-0.2, 0) is 4.79 Å². The van der Waals surface area contributed by atoms with Gasteiger partial charge in [-0.15, -0.1) is 12.4 Å². The molecule has 0 bridgehead atoms. The van der Waals surface area contributed by atoms with Gasteiger partial charge >= 0.3 is 0 Å². The summed E-state index contributed by atoms with van der Waals surface area (Å²) in [6, 6.07) is 5.78. The summed E-state index contributed by atoms with van der Waals surface area (Å²) in [7, 11) is 0. The monoisotopic (exact) mass is 369 g/mol. The van der Waals surface area contributed by atoms with Crippen molar-refractivity contribution in [3.05, 3.63) is 35.6 Å². The molecule has 3 rings (SSSR count). The number of amides is 2. The van der Waals surface area contributed by atoms with Crippen LogP contribution in [0.25, 0.3) is 0 Å². The number of rotatable bonds is 2. The lowest BCUT2D eigenvalue weighted by atomic mass is 9.96.